The van der Waals surface area contributed by atoms with E-state index in [2.05, 4.69) is 51.4 Å². The van der Waals surface area contributed by atoms with Crippen LogP contribution in [0.2, 0.25) is 0 Å². The molecule has 0 spiro atoms. The Hall–Kier alpha value is 0.1000. The van der Waals surface area contributed by atoms with Crippen molar-refractivity contribution in [3.05, 3.63) is 20.8 Å². The molecule has 2 atom stereocenters. The summed E-state index contributed by atoms with van der Waals surface area (Å²) >= 11 is 5.59. The summed E-state index contributed by atoms with van der Waals surface area (Å²) in [7, 11) is 0. The summed E-state index contributed by atoms with van der Waals surface area (Å²) in [4.78, 5) is 4.14. The van der Waals surface area contributed by atoms with E-state index in [9.17, 15) is 0 Å². The molecule has 17 heavy (non-hydrogen) atoms. The van der Waals surface area contributed by atoms with E-state index in [1.165, 1.54) is 28.9 Å². The van der Waals surface area contributed by atoms with Crippen LogP contribution in [-0.4, -0.2) is 31.1 Å². The lowest BCUT2D eigenvalue weighted by atomic mass is 9.95. The first-order chi connectivity index (χ1) is 8.24. The predicted octanol–water partition coefficient (Wildman–Crippen LogP) is 3.50. The van der Waals surface area contributed by atoms with Crippen molar-refractivity contribution in [2.45, 2.75) is 26.3 Å². The normalized spacial score (nSPS) is 21.4. The SMILES string of the molecule is CCC(C)[C@H](c1sccc1Br)N1CCNCC1. The lowest BCUT2D eigenvalue weighted by Gasteiger charge is -2.37. The Kier molecular flexibility index (Phi) is 5.03. The zero-order valence-electron chi connectivity index (χ0n) is 10.6. The standard InChI is InChI=1S/C13H21BrN2S/c1-3-10(2)12(13-11(14)4-9-17-13)16-7-5-15-6-8-16/h4,9-10,12,15H,3,5-8H2,1-2H3/t10?,12-/m1/s1. The first-order valence-electron chi connectivity index (χ1n) is 6.41. The van der Waals surface area contributed by atoms with Crippen LogP contribution in [0.3, 0.4) is 0 Å². The maximum absolute atomic E-state index is 3.70. The van der Waals surface area contributed by atoms with Gasteiger partial charge in [0.2, 0.25) is 0 Å². The Morgan fingerprint density at radius 1 is 1.47 bits per heavy atom. The van der Waals surface area contributed by atoms with E-state index in [-0.39, 0.29) is 0 Å². The summed E-state index contributed by atoms with van der Waals surface area (Å²) < 4.78 is 1.28. The Morgan fingerprint density at radius 2 is 2.18 bits per heavy atom. The highest BCUT2D eigenvalue weighted by Crippen LogP contribution is 2.38. The lowest BCUT2D eigenvalue weighted by Crippen LogP contribution is -2.46. The predicted molar refractivity (Wildman–Crippen MR) is 78.7 cm³/mol. The number of halogens is 1. The topological polar surface area (TPSA) is 15.3 Å². The molecular weight excluding hydrogens is 296 g/mol. The minimum Gasteiger partial charge on any atom is -0.314 e. The van der Waals surface area contributed by atoms with Crippen LogP contribution in [0.1, 0.15) is 31.2 Å². The fraction of sp³-hybridized carbons (Fsp3) is 0.692. The molecule has 0 aromatic carbocycles. The monoisotopic (exact) mass is 316 g/mol. The summed E-state index contributed by atoms with van der Waals surface area (Å²) in [6, 6.07) is 2.76. The van der Waals surface area contributed by atoms with Crippen LogP contribution in [0.5, 0.6) is 0 Å². The Labute approximate surface area is 117 Å². The molecule has 1 aliphatic rings. The average molecular weight is 317 g/mol. The first-order valence-corrected chi connectivity index (χ1v) is 8.09. The summed E-state index contributed by atoms with van der Waals surface area (Å²) in [5.41, 5.74) is 0. The van der Waals surface area contributed by atoms with Gasteiger partial charge in [-0.2, -0.15) is 0 Å². The van der Waals surface area contributed by atoms with Gasteiger partial charge in [-0.15, -0.1) is 11.3 Å². The molecule has 1 aromatic heterocycles. The van der Waals surface area contributed by atoms with Crippen LogP contribution in [-0.2, 0) is 0 Å². The lowest BCUT2D eigenvalue weighted by molar-refractivity contribution is 0.130. The molecule has 2 nitrogen and oxygen atoms in total. The Morgan fingerprint density at radius 3 is 2.71 bits per heavy atom. The van der Waals surface area contributed by atoms with Crippen LogP contribution >= 0.6 is 27.3 Å². The van der Waals surface area contributed by atoms with Crippen molar-refractivity contribution >= 4 is 27.3 Å². The van der Waals surface area contributed by atoms with Gasteiger partial charge < -0.3 is 5.32 Å². The molecule has 0 aliphatic carbocycles. The van der Waals surface area contributed by atoms with Crippen molar-refractivity contribution in [3.63, 3.8) is 0 Å². The highest BCUT2D eigenvalue weighted by Gasteiger charge is 2.28. The fourth-order valence-electron chi connectivity index (χ4n) is 2.48. The highest BCUT2D eigenvalue weighted by atomic mass is 79.9. The third-order valence-corrected chi connectivity index (χ3v) is 5.58. The highest BCUT2D eigenvalue weighted by molar-refractivity contribution is 9.10. The second kappa shape index (κ2) is 6.32. The van der Waals surface area contributed by atoms with Crippen molar-refractivity contribution in [1.82, 2.24) is 10.2 Å². The van der Waals surface area contributed by atoms with Crippen molar-refractivity contribution < 1.29 is 0 Å². The van der Waals surface area contributed by atoms with Crippen LogP contribution in [0.4, 0.5) is 0 Å². The zero-order valence-corrected chi connectivity index (χ0v) is 13.0. The molecule has 1 aliphatic heterocycles. The molecule has 0 saturated carbocycles. The first kappa shape index (κ1) is 13.5. The molecule has 0 radical (unpaired) electrons. The molecule has 1 unspecified atom stereocenters. The van der Waals surface area contributed by atoms with E-state index in [1.807, 2.05) is 11.3 Å². The van der Waals surface area contributed by atoms with Gasteiger partial charge in [-0.05, 0) is 33.3 Å². The average Bonchev–Trinajstić information content (AvgIpc) is 2.77. The van der Waals surface area contributed by atoms with E-state index < -0.39 is 0 Å². The van der Waals surface area contributed by atoms with Crippen molar-refractivity contribution in [2.75, 3.05) is 26.2 Å². The van der Waals surface area contributed by atoms with Gasteiger partial charge in [0, 0.05) is 41.6 Å². The quantitative estimate of drug-likeness (QED) is 0.914. The summed E-state index contributed by atoms with van der Waals surface area (Å²) in [6.45, 7) is 9.24. The Balaban J connectivity index is 2.21. The molecule has 1 saturated heterocycles. The Bertz CT molecular complexity index is 347. The molecule has 0 bridgehead atoms. The van der Waals surface area contributed by atoms with Crippen LogP contribution < -0.4 is 5.32 Å². The second-order valence-electron chi connectivity index (χ2n) is 4.75. The van der Waals surface area contributed by atoms with E-state index in [0.717, 1.165) is 13.1 Å². The van der Waals surface area contributed by atoms with Crippen LogP contribution in [0.15, 0.2) is 15.9 Å². The van der Waals surface area contributed by atoms with Crippen molar-refractivity contribution in [1.29, 1.82) is 0 Å². The summed E-state index contributed by atoms with van der Waals surface area (Å²) in [6.07, 6.45) is 1.24. The van der Waals surface area contributed by atoms with Crippen LogP contribution in [0, 0.1) is 5.92 Å². The van der Waals surface area contributed by atoms with E-state index in [4.69, 9.17) is 0 Å². The zero-order chi connectivity index (χ0) is 12.3. The molecule has 1 N–H and O–H groups in total. The molecule has 2 rings (SSSR count). The number of rotatable bonds is 4. The van der Waals surface area contributed by atoms with Gasteiger partial charge in [-0.25, -0.2) is 0 Å². The van der Waals surface area contributed by atoms with Crippen molar-refractivity contribution in [3.8, 4) is 0 Å². The molecule has 96 valence electrons. The molecule has 4 heteroatoms. The maximum atomic E-state index is 3.70. The molecule has 1 aromatic rings. The summed E-state index contributed by atoms with van der Waals surface area (Å²) in [5.74, 6) is 0.711. The van der Waals surface area contributed by atoms with Gasteiger partial charge in [0.05, 0.1) is 0 Å². The number of hydrogen-bond donors (Lipinski definition) is 1. The van der Waals surface area contributed by atoms with E-state index >= 15 is 0 Å². The van der Waals surface area contributed by atoms with Gasteiger partial charge in [-0.1, -0.05) is 20.3 Å². The summed E-state index contributed by atoms with van der Waals surface area (Å²) in [5, 5.41) is 5.63. The second-order valence-corrected chi connectivity index (χ2v) is 6.55. The van der Waals surface area contributed by atoms with E-state index in [1.54, 1.807) is 0 Å². The van der Waals surface area contributed by atoms with Crippen LogP contribution in [0.25, 0.3) is 0 Å². The largest absolute Gasteiger partial charge is 0.314 e. The number of piperazine rings is 1. The molecular formula is C13H21BrN2S. The van der Waals surface area contributed by atoms with E-state index in [0.29, 0.717) is 12.0 Å². The smallest absolute Gasteiger partial charge is 0.0479 e. The third-order valence-electron chi connectivity index (χ3n) is 3.64. The van der Waals surface area contributed by atoms with Gasteiger partial charge >= 0.3 is 0 Å². The minimum atomic E-state index is 0.580. The molecule has 2 heterocycles. The maximum Gasteiger partial charge on any atom is 0.0479 e. The minimum absolute atomic E-state index is 0.580. The number of nitrogens with one attached hydrogen (secondary N) is 1. The van der Waals surface area contributed by atoms with Gasteiger partial charge in [0.25, 0.3) is 0 Å². The number of thiophene rings is 1. The molecule has 1 fully saturated rings. The third kappa shape index (κ3) is 3.11. The van der Waals surface area contributed by atoms with Gasteiger partial charge in [0.1, 0.15) is 0 Å². The number of nitrogens with zero attached hydrogens (tertiary/aromatic N) is 1. The number of hydrogen-bond acceptors (Lipinski definition) is 3. The van der Waals surface area contributed by atoms with Gasteiger partial charge in [0.15, 0.2) is 0 Å². The van der Waals surface area contributed by atoms with Crippen molar-refractivity contribution in [2.24, 2.45) is 5.92 Å². The fourth-order valence-corrected chi connectivity index (χ4v) is 4.36. The molecule has 0 amide bonds. The van der Waals surface area contributed by atoms with Gasteiger partial charge in [-0.3, -0.25) is 4.90 Å².